The number of aliphatic hydroxyl groups is 2. The highest BCUT2D eigenvalue weighted by atomic mass is 16.5. The van der Waals surface area contributed by atoms with Crippen LogP contribution in [0.2, 0.25) is 0 Å². The molecule has 0 heterocycles. The monoisotopic (exact) mass is 281 g/mol. The molecule has 0 saturated heterocycles. The number of carbonyl (C=O) groups excluding carboxylic acids is 2. The molecule has 0 aliphatic rings. The Kier molecular flexibility index (Phi) is 6.14. The second-order valence-electron chi connectivity index (χ2n) is 4.40. The third kappa shape index (κ3) is 4.32. The highest BCUT2D eigenvalue weighted by Gasteiger charge is 2.19. The number of hydrogen-bond acceptors (Lipinski definition) is 5. The fraction of sp³-hybridized carbons (Fsp3) is 0.429. The topological polar surface area (TPSA) is 95.9 Å². The lowest BCUT2D eigenvalue weighted by atomic mass is 10.00. The molecule has 0 bridgehead atoms. The first-order valence-electron chi connectivity index (χ1n) is 6.23. The summed E-state index contributed by atoms with van der Waals surface area (Å²) in [6.07, 6.45) is -1.33. The SMILES string of the molecule is COc1ccc(C(O)C(O)CCNC(C)=O)cc1C=O. The van der Waals surface area contributed by atoms with E-state index >= 15 is 0 Å². The van der Waals surface area contributed by atoms with E-state index in [-0.39, 0.29) is 18.9 Å². The lowest BCUT2D eigenvalue weighted by Crippen LogP contribution is -2.27. The van der Waals surface area contributed by atoms with E-state index in [9.17, 15) is 19.8 Å². The van der Waals surface area contributed by atoms with Crippen LogP contribution in [0, 0.1) is 0 Å². The Bertz CT molecular complexity index is 475. The maximum absolute atomic E-state index is 10.9. The summed E-state index contributed by atoms with van der Waals surface area (Å²) in [7, 11) is 1.45. The lowest BCUT2D eigenvalue weighted by molar-refractivity contribution is -0.119. The van der Waals surface area contributed by atoms with Crippen molar-refractivity contribution >= 4 is 12.2 Å². The molecule has 110 valence electrons. The van der Waals surface area contributed by atoms with E-state index in [0.29, 0.717) is 23.2 Å². The van der Waals surface area contributed by atoms with Crippen molar-refractivity contribution in [3.05, 3.63) is 29.3 Å². The first kappa shape index (κ1) is 16.1. The number of rotatable bonds is 7. The average Bonchev–Trinajstić information content (AvgIpc) is 2.45. The minimum absolute atomic E-state index is 0.195. The van der Waals surface area contributed by atoms with Gasteiger partial charge in [-0.05, 0) is 24.1 Å². The van der Waals surface area contributed by atoms with Gasteiger partial charge in [0.05, 0.1) is 18.8 Å². The van der Waals surface area contributed by atoms with Crippen LogP contribution in [-0.4, -0.2) is 42.2 Å². The van der Waals surface area contributed by atoms with Crippen LogP contribution in [0.1, 0.15) is 35.4 Å². The number of methoxy groups -OCH3 is 1. The molecule has 0 aromatic heterocycles. The Morgan fingerprint density at radius 3 is 2.70 bits per heavy atom. The zero-order chi connectivity index (χ0) is 15.1. The second-order valence-corrected chi connectivity index (χ2v) is 4.40. The molecule has 0 aliphatic carbocycles. The number of benzene rings is 1. The van der Waals surface area contributed by atoms with Crippen LogP contribution in [-0.2, 0) is 4.79 Å². The molecule has 20 heavy (non-hydrogen) atoms. The first-order valence-corrected chi connectivity index (χ1v) is 6.23. The van der Waals surface area contributed by atoms with Crippen LogP contribution in [0.5, 0.6) is 5.75 Å². The van der Waals surface area contributed by atoms with E-state index in [1.807, 2.05) is 0 Å². The zero-order valence-corrected chi connectivity index (χ0v) is 11.5. The van der Waals surface area contributed by atoms with Gasteiger partial charge in [0.25, 0.3) is 0 Å². The molecular formula is C14H19NO5. The molecule has 0 fully saturated rings. The highest BCUT2D eigenvalue weighted by molar-refractivity contribution is 5.79. The number of aldehydes is 1. The van der Waals surface area contributed by atoms with Crippen LogP contribution in [0.25, 0.3) is 0 Å². The molecule has 2 unspecified atom stereocenters. The van der Waals surface area contributed by atoms with Gasteiger partial charge < -0.3 is 20.3 Å². The second kappa shape index (κ2) is 7.62. The molecular weight excluding hydrogens is 262 g/mol. The van der Waals surface area contributed by atoms with Crippen LogP contribution in [0.4, 0.5) is 0 Å². The average molecular weight is 281 g/mol. The quantitative estimate of drug-likeness (QED) is 0.630. The van der Waals surface area contributed by atoms with Crippen LogP contribution >= 0.6 is 0 Å². The van der Waals surface area contributed by atoms with Crippen molar-refractivity contribution in [2.45, 2.75) is 25.6 Å². The van der Waals surface area contributed by atoms with E-state index in [2.05, 4.69) is 5.32 Å². The minimum Gasteiger partial charge on any atom is -0.496 e. The van der Waals surface area contributed by atoms with Gasteiger partial charge in [-0.15, -0.1) is 0 Å². The van der Waals surface area contributed by atoms with Crippen LogP contribution < -0.4 is 10.1 Å². The van der Waals surface area contributed by atoms with Gasteiger partial charge in [-0.2, -0.15) is 0 Å². The summed E-state index contributed by atoms with van der Waals surface area (Å²) in [5.74, 6) is 0.211. The molecule has 6 nitrogen and oxygen atoms in total. The van der Waals surface area contributed by atoms with Crippen molar-refractivity contribution in [3.8, 4) is 5.75 Å². The summed E-state index contributed by atoms with van der Waals surface area (Å²) >= 11 is 0. The Morgan fingerprint density at radius 1 is 1.45 bits per heavy atom. The number of hydrogen-bond donors (Lipinski definition) is 3. The van der Waals surface area contributed by atoms with Crippen molar-refractivity contribution in [2.24, 2.45) is 0 Å². The Hall–Kier alpha value is -1.92. The molecule has 1 aromatic rings. The van der Waals surface area contributed by atoms with Crippen LogP contribution in [0.15, 0.2) is 18.2 Å². The predicted octanol–water partition coefficient (Wildman–Crippen LogP) is 0.428. The first-order chi connectivity index (χ1) is 9.49. The summed E-state index contributed by atoms with van der Waals surface area (Å²) in [6.45, 7) is 1.65. The highest BCUT2D eigenvalue weighted by Crippen LogP contribution is 2.24. The molecule has 0 saturated carbocycles. The van der Waals surface area contributed by atoms with Gasteiger partial charge in [-0.3, -0.25) is 9.59 Å². The van der Waals surface area contributed by atoms with Crippen molar-refractivity contribution in [2.75, 3.05) is 13.7 Å². The number of carbonyl (C=O) groups is 2. The van der Waals surface area contributed by atoms with Crippen molar-refractivity contribution in [1.82, 2.24) is 5.32 Å². The van der Waals surface area contributed by atoms with Gasteiger partial charge in [0.1, 0.15) is 11.9 Å². The van der Waals surface area contributed by atoms with Gasteiger partial charge in [0.15, 0.2) is 6.29 Å². The standard InChI is InChI=1S/C14H19NO5/c1-9(17)15-6-5-12(18)14(19)10-3-4-13(20-2)11(7-10)8-16/h3-4,7-8,12,14,18-19H,5-6H2,1-2H3,(H,15,17). The van der Waals surface area contributed by atoms with E-state index in [0.717, 1.165) is 0 Å². The molecule has 0 radical (unpaired) electrons. The van der Waals surface area contributed by atoms with Crippen molar-refractivity contribution in [3.63, 3.8) is 0 Å². The largest absolute Gasteiger partial charge is 0.496 e. The molecule has 1 rings (SSSR count). The van der Waals surface area contributed by atoms with Gasteiger partial charge in [-0.25, -0.2) is 0 Å². The molecule has 0 aliphatic heterocycles. The summed E-state index contributed by atoms with van der Waals surface area (Å²) in [5, 5.41) is 22.4. The van der Waals surface area contributed by atoms with Gasteiger partial charge >= 0.3 is 0 Å². The van der Waals surface area contributed by atoms with Crippen molar-refractivity contribution in [1.29, 1.82) is 0 Å². The Labute approximate surface area is 117 Å². The molecule has 0 spiro atoms. The molecule has 2 atom stereocenters. The summed E-state index contributed by atoms with van der Waals surface area (Å²) in [5.41, 5.74) is 0.723. The van der Waals surface area contributed by atoms with Gasteiger partial charge in [-0.1, -0.05) is 6.07 Å². The third-order valence-corrected chi connectivity index (χ3v) is 2.90. The van der Waals surface area contributed by atoms with Gasteiger partial charge in [0.2, 0.25) is 5.91 Å². The fourth-order valence-electron chi connectivity index (χ4n) is 1.80. The Balaban J connectivity index is 2.73. The smallest absolute Gasteiger partial charge is 0.216 e. The van der Waals surface area contributed by atoms with E-state index in [4.69, 9.17) is 4.74 Å². The summed E-state index contributed by atoms with van der Waals surface area (Å²) in [6, 6.07) is 4.61. The number of ether oxygens (including phenoxy) is 1. The lowest BCUT2D eigenvalue weighted by Gasteiger charge is -2.19. The molecule has 1 aromatic carbocycles. The molecule has 6 heteroatoms. The predicted molar refractivity (Wildman–Crippen MR) is 72.6 cm³/mol. The molecule has 3 N–H and O–H groups in total. The van der Waals surface area contributed by atoms with Gasteiger partial charge in [0, 0.05) is 13.5 Å². The molecule has 1 amide bonds. The van der Waals surface area contributed by atoms with E-state index < -0.39 is 12.2 Å². The van der Waals surface area contributed by atoms with E-state index in [1.165, 1.54) is 20.1 Å². The summed E-state index contributed by atoms with van der Waals surface area (Å²) < 4.78 is 5.00. The maximum atomic E-state index is 10.9. The maximum Gasteiger partial charge on any atom is 0.216 e. The number of aliphatic hydroxyl groups excluding tert-OH is 2. The normalized spacial score (nSPS) is 13.4. The van der Waals surface area contributed by atoms with Crippen LogP contribution in [0.3, 0.4) is 0 Å². The number of amides is 1. The fourth-order valence-corrected chi connectivity index (χ4v) is 1.80. The zero-order valence-electron chi connectivity index (χ0n) is 11.5. The van der Waals surface area contributed by atoms with Crippen molar-refractivity contribution < 1.29 is 24.5 Å². The Morgan fingerprint density at radius 2 is 2.15 bits per heavy atom. The number of nitrogens with one attached hydrogen (secondary N) is 1. The van der Waals surface area contributed by atoms with E-state index in [1.54, 1.807) is 12.1 Å². The third-order valence-electron chi connectivity index (χ3n) is 2.90. The minimum atomic E-state index is -1.13. The summed E-state index contributed by atoms with van der Waals surface area (Å²) in [4.78, 5) is 21.6.